The summed E-state index contributed by atoms with van der Waals surface area (Å²) in [5, 5.41) is 4.29. The Hall–Kier alpha value is -2.64. The van der Waals surface area contributed by atoms with E-state index in [0.717, 1.165) is 42.3 Å². The van der Waals surface area contributed by atoms with Crippen LogP contribution in [0.1, 0.15) is 36.0 Å². The molecule has 3 aromatic rings. The molecule has 1 fully saturated rings. The van der Waals surface area contributed by atoms with E-state index in [1.54, 1.807) is 19.6 Å². The molecule has 1 aromatic carbocycles. The summed E-state index contributed by atoms with van der Waals surface area (Å²) in [6, 6.07) is 6.24. The Morgan fingerprint density at radius 3 is 2.76 bits per heavy atom. The van der Waals surface area contributed by atoms with Crippen molar-refractivity contribution in [2.75, 3.05) is 20.3 Å². The van der Waals surface area contributed by atoms with E-state index in [1.807, 2.05) is 40.7 Å². The fourth-order valence-electron chi connectivity index (χ4n) is 4.10. The number of carbonyl (C=O) groups is 1. The van der Waals surface area contributed by atoms with Crippen molar-refractivity contribution in [3.8, 4) is 5.69 Å². The third kappa shape index (κ3) is 4.36. The molecule has 0 spiro atoms. The molecule has 0 atom stereocenters. The first-order valence-corrected chi connectivity index (χ1v) is 10.1. The number of hydrogen-bond acceptors (Lipinski definition) is 4. The van der Waals surface area contributed by atoms with Crippen LogP contribution >= 0.6 is 0 Å². The molecule has 1 aliphatic rings. The van der Waals surface area contributed by atoms with Gasteiger partial charge in [0, 0.05) is 49.9 Å². The predicted octanol–water partition coefficient (Wildman–Crippen LogP) is 3.07. The molecule has 29 heavy (non-hydrogen) atoms. The van der Waals surface area contributed by atoms with Gasteiger partial charge in [-0.1, -0.05) is 0 Å². The number of benzene rings is 1. The van der Waals surface area contributed by atoms with Crippen molar-refractivity contribution in [3.05, 3.63) is 48.7 Å². The average Bonchev–Trinajstić information content (AvgIpc) is 3.39. The van der Waals surface area contributed by atoms with Crippen LogP contribution in [-0.2, 0) is 16.5 Å². The normalized spacial score (nSPS) is 19.5. The van der Waals surface area contributed by atoms with Crippen molar-refractivity contribution < 1.29 is 14.3 Å². The molecule has 0 radical (unpaired) electrons. The predicted molar refractivity (Wildman–Crippen MR) is 111 cm³/mol. The van der Waals surface area contributed by atoms with Crippen molar-refractivity contribution in [2.24, 2.45) is 7.05 Å². The van der Waals surface area contributed by atoms with Crippen LogP contribution in [0.2, 0.25) is 0 Å². The van der Waals surface area contributed by atoms with Crippen LogP contribution < -0.4 is 5.32 Å². The summed E-state index contributed by atoms with van der Waals surface area (Å²) < 4.78 is 14.8. The van der Waals surface area contributed by atoms with Gasteiger partial charge in [-0.3, -0.25) is 4.79 Å². The highest BCUT2D eigenvalue weighted by Gasteiger charge is 2.24. The molecular weight excluding hydrogens is 368 g/mol. The topological polar surface area (TPSA) is 70.3 Å². The number of rotatable bonds is 7. The van der Waals surface area contributed by atoms with Crippen molar-refractivity contribution in [2.45, 2.75) is 37.8 Å². The minimum atomic E-state index is -0.0254. The first-order valence-electron chi connectivity index (χ1n) is 10.1. The van der Waals surface area contributed by atoms with Gasteiger partial charge in [0.05, 0.1) is 36.7 Å². The summed E-state index contributed by atoms with van der Waals surface area (Å²) in [5.74, 6) is -0.0254. The smallest absolute Gasteiger partial charge is 0.253 e. The highest BCUT2D eigenvalue weighted by atomic mass is 16.5. The lowest BCUT2D eigenvalue weighted by molar-refractivity contribution is -0.00408. The number of aromatic nitrogens is 3. The number of methoxy groups -OCH3 is 1. The zero-order valence-electron chi connectivity index (χ0n) is 17.0. The molecule has 0 saturated heterocycles. The number of nitrogens with zero attached hydrogens (tertiary/aromatic N) is 3. The van der Waals surface area contributed by atoms with Gasteiger partial charge in [0.2, 0.25) is 0 Å². The van der Waals surface area contributed by atoms with E-state index in [1.165, 1.54) is 0 Å². The fraction of sp³-hybridized carbons (Fsp3) is 0.455. The van der Waals surface area contributed by atoms with Gasteiger partial charge in [-0.2, -0.15) is 0 Å². The van der Waals surface area contributed by atoms with E-state index < -0.39 is 0 Å². The molecule has 0 bridgehead atoms. The summed E-state index contributed by atoms with van der Waals surface area (Å²) in [7, 11) is 3.65. The molecule has 2 aromatic heterocycles. The molecule has 0 aliphatic heterocycles. The van der Waals surface area contributed by atoms with Crippen LogP contribution in [-0.4, -0.2) is 52.5 Å². The van der Waals surface area contributed by atoms with E-state index in [4.69, 9.17) is 9.47 Å². The van der Waals surface area contributed by atoms with Crippen LogP contribution in [0.3, 0.4) is 0 Å². The molecule has 2 heterocycles. The van der Waals surface area contributed by atoms with Crippen LogP contribution in [0.5, 0.6) is 0 Å². The molecule has 0 unspecified atom stereocenters. The molecule has 4 rings (SSSR count). The molecule has 1 saturated carbocycles. The van der Waals surface area contributed by atoms with Crippen molar-refractivity contribution in [3.63, 3.8) is 0 Å². The average molecular weight is 396 g/mol. The van der Waals surface area contributed by atoms with Crippen LogP contribution in [0.4, 0.5) is 0 Å². The van der Waals surface area contributed by atoms with Crippen molar-refractivity contribution in [1.82, 2.24) is 19.4 Å². The summed E-state index contributed by atoms with van der Waals surface area (Å²) in [6.07, 6.45) is 11.4. The number of ether oxygens (including phenoxy) is 2. The number of imidazole rings is 1. The third-order valence-electron chi connectivity index (χ3n) is 5.65. The maximum absolute atomic E-state index is 13.2. The summed E-state index contributed by atoms with van der Waals surface area (Å²) in [6.45, 7) is 1.25. The Morgan fingerprint density at radius 1 is 1.21 bits per heavy atom. The van der Waals surface area contributed by atoms with Gasteiger partial charge in [-0.15, -0.1) is 0 Å². The molecule has 1 N–H and O–H groups in total. The van der Waals surface area contributed by atoms with Crippen molar-refractivity contribution in [1.29, 1.82) is 0 Å². The van der Waals surface area contributed by atoms with Crippen LogP contribution in [0.15, 0.2) is 43.1 Å². The lowest BCUT2D eigenvalue weighted by Crippen LogP contribution is -2.39. The first kappa shape index (κ1) is 19.7. The molecule has 1 amide bonds. The monoisotopic (exact) mass is 396 g/mol. The SMILES string of the molecule is COCCOC1CCC(NC(=O)c2cc(-n3ccnc3)cc3ccn(C)c23)CC1. The summed E-state index contributed by atoms with van der Waals surface area (Å²) in [5.41, 5.74) is 2.57. The Bertz CT molecular complexity index is 956. The molecule has 154 valence electrons. The van der Waals surface area contributed by atoms with E-state index in [0.29, 0.717) is 18.8 Å². The zero-order chi connectivity index (χ0) is 20.2. The quantitative estimate of drug-likeness (QED) is 0.623. The Kier molecular flexibility index (Phi) is 5.97. The molecule has 7 nitrogen and oxygen atoms in total. The molecule has 1 aliphatic carbocycles. The number of aryl methyl sites for hydroxylation is 1. The van der Waals surface area contributed by atoms with Gasteiger partial charge in [-0.05, 0) is 43.9 Å². The zero-order valence-corrected chi connectivity index (χ0v) is 17.0. The molecule has 7 heteroatoms. The number of carbonyl (C=O) groups excluding carboxylic acids is 1. The van der Waals surface area contributed by atoms with Crippen molar-refractivity contribution >= 4 is 16.8 Å². The Morgan fingerprint density at radius 2 is 2.03 bits per heavy atom. The second kappa shape index (κ2) is 8.80. The lowest BCUT2D eigenvalue weighted by Gasteiger charge is -2.29. The summed E-state index contributed by atoms with van der Waals surface area (Å²) >= 11 is 0. The van der Waals surface area contributed by atoms with E-state index in [-0.39, 0.29) is 18.1 Å². The number of nitrogens with one attached hydrogen (secondary N) is 1. The second-order valence-corrected chi connectivity index (χ2v) is 7.64. The maximum Gasteiger partial charge on any atom is 0.253 e. The highest BCUT2D eigenvalue weighted by Crippen LogP contribution is 2.26. The maximum atomic E-state index is 13.2. The van der Waals surface area contributed by atoms with Gasteiger partial charge in [0.1, 0.15) is 0 Å². The minimum absolute atomic E-state index is 0.0254. The van der Waals surface area contributed by atoms with Gasteiger partial charge in [0.25, 0.3) is 5.91 Å². The highest BCUT2D eigenvalue weighted by molar-refractivity contribution is 6.07. The van der Waals surface area contributed by atoms with E-state index >= 15 is 0 Å². The Labute approximate surface area is 170 Å². The lowest BCUT2D eigenvalue weighted by atomic mass is 9.92. The largest absolute Gasteiger partial charge is 0.382 e. The third-order valence-corrected chi connectivity index (χ3v) is 5.65. The van der Waals surface area contributed by atoms with Crippen LogP contribution in [0.25, 0.3) is 16.6 Å². The number of fused-ring (bicyclic) bond motifs is 1. The Balaban J connectivity index is 1.48. The number of hydrogen-bond donors (Lipinski definition) is 1. The fourth-order valence-corrected chi connectivity index (χ4v) is 4.10. The summed E-state index contributed by atoms with van der Waals surface area (Å²) in [4.78, 5) is 17.3. The van der Waals surface area contributed by atoms with Gasteiger partial charge >= 0.3 is 0 Å². The molecular formula is C22H28N4O3. The van der Waals surface area contributed by atoms with E-state index in [2.05, 4.69) is 16.4 Å². The minimum Gasteiger partial charge on any atom is -0.382 e. The number of amides is 1. The van der Waals surface area contributed by atoms with Gasteiger partial charge < -0.3 is 23.9 Å². The first-order chi connectivity index (χ1) is 14.2. The second-order valence-electron chi connectivity index (χ2n) is 7.64. The van der Waals surface area contributed by atoms with Gasteiger partial charge in [0.15, 0.2) is 0 Å². The standard InChI is InChI=1S/C22H28N4O3/c1-25-9-7-16-13-18(26-10-8-23-15-26)14-20(21(16)25)22(27)24-17-3-5-19(6-4-17)29-12-11-28-2/h7-10,13-15,17,19H,3-6,11-12H2,1-2H3,(H,24,27). The van der Waals surface area contributed by atoms with E-state index in [9.17, 15) is 4.79 Å². The van der Waals surface area contributed by atoms with Gasteiger partial charge in [-0.25, -0.2) is 4.98 Å². The van der Waals surface area contributed by atoms with Crippen LogP contribution in [0, 0.1) is 0 Å².